The van der Waals surface area contributed by atoms with Gasteiger partial charge in [-0.1, -0.05) is 45.0 Å². The number of aromatic nitrogens is 3. The van der Waals surface area contributed by atoms with Crippen molar-refractivity contribution >= 4 is 5.65 Å². The maximum atomic E-state index is 13.8. The Hall–Kier alpha value is -2.45. The van der Waals surface area contributed by atoms with Crippen molar-refractivity contribution in [1.29, 1.82) is 0 Å². The van der Waals surface area contributed by atoms with Gasteiger partial charge in [0.15, 0.2) is 11.3 Å². The largest absolute Gasteiger partial charge is 0.433 e. The highest BCUT2D eigenvalue weighted by atomic mass is 19.4. The molecule has 8 heteroatoms. The van der Waals surface area contributed by atoms with Gasteiger partial charge in [-0.15, -0.1) is 0 Å². The van der Waals surface area contributed by atoms with Crippen LogP contribution in [0.5, 0.6) is 0 Å². The van der Waals surface area contributed by atoms with E-state index in [2.05, 4.69) is 35.8 Å². The van der Waals surface area contributed by atoms with Gasteiger partial charge in [-0.3, -0.25) is 4.90 Å². The molecule has 0 saturated carbocycles. The van der Waals surface area contributed by atoms with Crippen LogP contribution >= 0.6 is 0 Å². The van der Waals surface area contributed by atoms with E-state index in [4.69, 9.17) is 4.74 Å². The number of hydrogen-bond acceptors (Lipinski definition) is 4. The SMILES string of the molecule is CC(C)(C)c1ccc(-c2cc(C(F)(F)F)n3ncc(CN4CCOCC4)c3n2)cc1. The molecule has 0 bridgehead atoms. The zero-order chi connectivity index (χ0) is 21.5. The molecule has 160 valence electrons. The molecule has 0 atom stereocenters. The van der Waals surface area contributed by atoms with Crippen molar-refractivity contribution in [2.24, 2.45) is 0 Å². The van der Waals surface area contributed by atoms with Crippen molar-refractivity contribution in [2.75, 3.05) is 26.3 Å². The van der Waals surface area contributed by atoms with E-state index < -0.39 is 11.9 Å². The lowest BCUT2D eigenvalue weighted by molar-refractivity contribution is -0.142. The van der Waals surface area contributed by atoms with E-state index in [0.717, 1.165) is 29.2 Å². The number of nitrogens with zero attached hydrogens (tertiary/aromatic N) is 4. The lowest BCUT2D eigenvalue weighted by Gasteiger charge is -2.26. The number of fused-ring (bicyclic) bond motifs is 1. The minimum atomic E-state index is -4.54. The molecule has 2 aromatic heterocycles. The van der Waals surface area contributed by atoms with Gasteiger partial charge >= 0.3 is 6.18 Å². The van der Waals surface area contributed by atoms with E-state index in [9.17, 15) is 13.2 Å². The van der Waals surface area contributed by atoms with Gasteiger partial charge in [0.05, 0.1) is 25.1 Å². The Kier molecular flexibility index (Phi) is 5.32. The molecule has 0 aliphatic carbocycles. The predicted octanol–water partition coefficient (Wildman–Crippen LogP) is 4.54. The molecule has 0 N–H and O–H groups in total. The maximum absolute atomic E-state index is 13.8. The first-order valence-corrected chi connectivity index (χ1v) is 9.99. The number of halogens is 3. The van der Waals surface area contributed by atoms with Crippen LogP contribution < -0.4 is 0 Å². The number of benzene rings is 1. The van der Waals surface area contributed by atoms with Gasteiger partial charge < -0.3 is 4.74 Å². The Bertz CT molecular complexity index is 1030. The fraction of sp³-hybridized carbons (Fsp3) is 0.455. The van der Waals surface area contributed by atoms with Crippen LogP contribution in [0.1, 0.15) is 37.6 Å². The number of morpholine rings is 1. The fourth-order valence-electron chi connectivity index (χ4n) is 3.61. The molecule has 0 unspecified atom stereocenters. The van der Waals surface area contributed by atoms with Gasteiger partial charge in [-0.05, 0) is 17.0 Å². The van der Waals surface area contributed by atoms with Gasteiger partial charge in [0.25, 0.3) is 0 Å². The van der Waals surface area contributed by atoms with Gasteiger partial charge in [0.2, 0.25) is 0 Å². The number of ether oxygens (including phenoxy) is 1. The second-order valence-corrected chi connectivity index (χ2v) is 8.65. The van der Waals surface area contributed by atoms with Crippen molar-refractivity contribution < 1.29 is 17.9 Å². The maximum Gasteiger partial charge on any atom is 0.433 e. The quantitative estimate of drug-likeness (QED) is 0.626. The van der Waals surface area contributed by atoms with Crippen LogP contribution in [0, 0.1) is 0 Å². The average molecular weight is 418 g/mol. The Labute approximate surface area is 173 Å². The second-order valence-electron chi connectivity index (χ2n) is 8.65. The minimum absolute atomic E-state index is 0.0379. The van der Waals surface area contributed by atoms with E-state index in [0.29, 0.717) is 36.6 Å². The summed E-state index contributed by atoms with van der Waals surface area (Å²) in [5, 5.41) is 4.01. The normalized spacial score (nSPS) is 16.3. The highest BCUT2D eigenvalue weighted by Crippen LogP contribution is 2.33. The highest BCUT2D eigenvalue weighted by Gasteiger charge is 2.35. The predicted molar refractivity (Wildman–Crippen MR) is 108 cm³/mol. The average Bonchev–Trinajstić information content (AvgIpc) is 3.09. The Balaban J connectivity index is 1.78. The summed E-state index contributed by atoms with van der Waals surface area (Å²) in [6.45, 7) is 9.48. The standard InChI is InChI=1S/C22H25F3N4O/c1-21(2,3)17-6-4-15(5-7-17)18-12-19(22(23,24)25)29-20(27-18)16(13-26-29)14-28-8-10-30-11-9-28/h4-7,12-13H,8-11,14H2,1-3H3. The summed E-state index contributed by atoms with van der Waals surface area (Å²) in [7, 11) is 0. The summed E-state index contributed by atoms with van der Waals surface area (Å²) in [6.07, 6.45) is -3.05. The number of rotatable bonds is 3. The Morgan fingerprint density at radius 2 is 1.70 bits per heavy atom. The van der Waals surface area contributed by atoms with Gasteiger partial charge in [-0.2, -0.15) is 18.3 Å². The Morgan fingerprint density at radius 3 is 2.30 bits per heavy atom. The molecule has 1 aliphatic heterocycles. The van der Waals surface area contributed by atoms with Crippen LogP contribution in [-0.4, -0.2) is 45.8 Å². The van der Waals surface area contributed by atoms with Crippen molar-refractivity contribution in [1.82, 2.24) is 19.5 Å². The lowest BCUT2D eigenvalue weighted by Crippen LogP contribution is -2.35. The van der Waals surface area contributed by atoms with Gasteiger partial charge in [0, 0.05) is 30.8 Å². The van der Waals surface area contributed by atoms with E-state index in [-0.39, 0.29) is 11.1 Å². The molecule has 5 nitrogen and oxygen atoms in total. The third-order valence-corrected chi connectivity index (χ3v) is 5.38. The van der Waals surface area contributed by atoms with E-state index in [1.54, 1.807) is 0 Å². The summed E-state index contributed by atoms with van der Waals surface area (Å²) in [5.74, 6) is 0. The summed E-state index contributed by atoms with van der Waals surface area (Å²) in [4.78, 5) is 6.72. The van der Waals surface area contributed by atoms with Crippen LogP contribution in [0.3, 0.4) is 0 Å². The van der Waals surface area contributed by atoms with Crippen LogP contribution in [0.15, 0.2) is 36.5 Å². The van der Waals surface area contributed by atoms with Gasteiger partial charge in [0.1, 0.15) is 0 Å². The molecule has 0 spiro atoms. The van der Waals surface area contributed by atoms with Crippen molar-refractivity contribution in [3.8, 4) is 11.3 Å². The minimum Gasteiger partial charge on any atom is -0.379 e. The first-order valence-electron chi connectivity index (χ1n) is 9.99. The second kappa shape index (κ2) is 7.67. The van der Waals surface area contributed by atoms with E-state index in [1.807, 2.05) is 24.3 Å². The fourth-order valence-corrected chi connectivity index (χ4v) is 3.61. The van der Waals surface area contributed by atoms with Gasteiger partial charge in [-0.25, -0.2) is 9.50 Å². The zero-order valence-electron chi connectivity index (χ0n) is 17.3. The molecule has 3 heterocycles. The molecule has 30 heavy (non-hydrogen) atoms. The molecule has 1 fully saturated rings. The number of alkyl halides is 3. The molecule has 1 saturated heterocycles. The highest BCUT2D eigenvalue weighted by molar-refractivity contribution is 5.64. The Morgan fingerprint density at radius 1 is 1.03 bits per heavy atom. The molecule has 0 amide bonds. The van der Waals surface area contributed by atoms with Crippen LogP contribution in [0.25, 0.3) is 16.9 Å². The van der Waals surface area contributed by atoms with Crippen LogP contribution in [0.4, 0.5) is 13.2 Å². The molecule has 1 aliphatic rings. The summed E-state index contributed by atoms with van der Waals surface area (Å²) in [6, 6.07) is 8.62. The smallest absolute Gasteiger partial charge is 0.379 e. The third kappa shape index (κ3) is 4.20. The first kappa shape index (κ1) is 20.8. The summed E-state index contributed by atoms with van der Waals surface area (Å²) >= 11 is 0. The molecule has 3 aromatic rings. The monoisotopic (exact) mass is 418 g/mol. The zero-order valence-corrected chi connectivity index (χ0v) is 17.3. The third-order valence-electron chi connectivity index (χ3n) is 5.38. The lowest BCUT2D eigenvalue weighted by atomic mass is 9.86. The topological polar surface area (TPSA) is 42.7 Å². The summed E-state index contributed by atoms with van der Waals surface area (Å²) in [5.41, 5.74) is 2.11. The van der Waals surface area contributed by atoms with Crippen molar-refractivity contribution in [3.63, 3.8) is 0 Å². The molecule has 4 rings (SSSR count). The van der Waals surface area contributed by atoms with E-state index in [1.165, 1.54) is 6.20 Å². The molecule has 0 radical (unpaired) electrons. The van der Waals surface area contributed by atoms with E-state index >= 15 is 0 Å². The van der Waals surface area contributed by atoms with Crippen molar-refractivity contribution in [2.45, 2.75) is 38.9 Å². The summed E-state index contributed by atoms with van der Waals surface area (Å²) < 4.78 is 47.6. The first-order chi connectivity index (χ1) is 14.1. The van der Waals surface area contributed by atoms with Crippen LogP contribution in [-0.2, 0) is 22.9 Å². The molecular weight excluding hydrogens is 393 g/mol. The number of hydrogen-bond donors (Lipinski definition) is 0. The van der Waals surface area contributed by atoms with Crippen molar-refractivity contribution in [3.05, 3.63) is 53.3 Å². The van der Waals surface area contributed by atoms with Crippen LogP contribution in [0.2, 0.25) is 0 Å². The molecule has 1 aromatic carbocycles. The molecular formula is C22H25F3N4O.